The van der Waals surface area contributed by atoms with E-state index in [1.807, 2.05) is 11.3 Å². The fraction of sp³-hybridized carbons (Fsp3) is 0.750. The predicted molar refractivity (Wildman–Crippen MR) is 84.8 cm³/mol. The summed E-state index contributed by atoms with van der Waals surface area (Å²) < 4.78 is 5.89. The highest BCUT2D eigenvalue weighted by molar-refractivity contribution is 7.12. The Bertz CT molecular complexity index is 360. The van der Waals surface area contributed by atoms with Gasteiger partial charge in [0.2, 0.25) is 0 Å². The molecule has 0 saturated carbocycles. The summed E-state index contributed by atoms with van der Waals surface area (Å²) in [5.41, 5.74) is 1.36. The van der Waals surface area contributed by atoms with Crippen molar-refractivity contribution in [2.24, 2.45) is 5.92 Å². The summed E-state index contributed by atoms with van der Waals surface area (Å²) >= 11 is 1.89. The van der Waals surface area contributed by atoms with Crippen molar-refractivity contribution in [2.75, 3.05) is 6.54 Å². The predicted octanol–water partition coefficient (Wildman–Crippen LogP) is 4.51. The van der Waals surface area contributed by atoms with Crippen LogP contribution in [0.15, 0.2) is 6.07 Å². The second-order valence-electron chi connectivity index (χ2n) is 5.73. The summed E-state index contributed by atoms with van der Waals surface area (Å²) in [7, 11) is 0. The van der Waals surface area contributed by atoms with Crippen molar-refractivity contribution in [1.82, 2.24) is 5.32 Å². The normalized spacial score (nSPS) is 13.2. The van der Waals surface area contributed by atoms with Crippen LogP contribution in [0.25, 0.3) is 0 Å². The Morgan fingerprint density at radius 2 is 2.05 bits per heavy atom. The third-order valence-corrected chi connectivity index (χ3v) is 4.23. The fourth-order valence-corrected chi connectivity index (χ4v) is 3.04. The molecule has 0 aliphatic rings. The highest BCUT2D eigenvalue weighted by Crippen LogP contribution is 2.23. The van der Waals surface area contributed by atoms with Crippen molar-refractivity contribution in [2.45, 2.75) is 66.7 Å². The van der Waals surface area contributed by atoms with E-state index in [1.54, 1.807) is 0 Å². The van der Waals surface area contributed by atoms with Crippen molar-refractivity contribution in [1.29, 1.82) is 0 Å². The number of nitrogens with one attached hydrogen (secondary N) is 1. The Hall–Kier alpha value is -0.380. The van der Waals surface area contributed by atoms with Crippen molar-refractivity contribution in [3.63, 3.8) is 0 Å². The van der Waals surface area contributed by atoms with E-state index in [2.05, 4.69) is 46.0 Å². The van der Waals surface area contributed by atoms with Gasteiger partial charge in [0.25, 0.3) is 0 Å². The van der Waals surface area contributed by atoms with Gasteiger partial charge in [-0.3, -0.25) is 0 Å². The van der Waals surface area contributed by atoms with Crippen LogP contribution >= 0.6 is 11.3 Å². The Morgan fingerprint density at radius 1 is 1.32 bits per heavy atom. The highest BCUT2D eigenvalue weighted by atomic mass is 32.1. The van der Waals surface area contributed by atoms with Crippen LogP contribution in [0.2, 0.25) is 0 Å². The molecule has 0 amide bonds. The van der Waals surface area contributed by atoms with Gasteiger partial charge in [0, 0.05) is 16.3 Å². The molecule has 1 aromatic heterocycles. The molecule has 0 aromatic carbocycles. The SMILES string of the molecule is CCCC(C)OCc1cc(CNCC(C)C)sc1C. The molecular formula is C16H29NOS. The van der Waals surface area contributed by atoms with Crippen molar-refractivity contribution >= 4 is 11.3 Å². The summed E-state index contributed by atoms with van der Waals surface area (Å²) in [6.07, 6.45) is 2.70. The smallest absolute Gasteiger partial charge is 0.0731 e. The standard InChI is InChI=1S/C16H29NOS/c1-6-7-13(4)18-11-15-8-16(19-14(15)5)10-17-9-12(2)3/h8,12-13,17H,6-7,9-11H2,1-5H3. The average molecular weight is 283 g/mol. The summed E-state index contributed by atoms with van der Waals surface area (Å²) in [5.74, 6) is 0.707. The van der Waals surface area contributed by atoms with Crippen LogP contribution in [0.5, 0.6) is 0 Å². The van der Waals surface area contributed by atoms with Crippen LogP contribution in [0.4, 0.5) is 0 Å². The van der Waals surface area contributed by atoms with E-state index in [-0.39, 0.29) is 0 Å². The Kier molecular flexibility index (Phi) is 7.66. The fourth-order valence-electron chi connectivity index (χ4n) is 2.02. The molecule has 1 rings (SSSR count). The number of rotatable bonds is 9. The number of hydrogen-bond acceptors (Lipinski definition) is 3. The summed E-state index contributed by atoms with van der Waals surface area (Å²) in [4.78, 5) is 2.81. The second kappa shape index (κ2) is 8.72. The minimum atomic E-state index is 0.367. The zero-order valence-corrected chi connectivity index (χ0v) is 13.9. The molecule has 0 aliphatic heterocycles. The van der Waals surface area contributed by atoms with E-state index in [0.717, 1.165) is 26.1 Å². The molecule has 1 N–H and O–H groups in total. The lowest BCUT2D eigenvalue weighted by Crippen LogP contribution is -2.18. The molecule has 0 radical (unpaired) electrons. The molecule has 0 saturated heterocycles. The van der Waals surface area contributed by atoms with Crippen LogP contribution in [0, 0.1) is 12.8 Å². The lowest BCUT2D eigenvalue weighted by Gasteiger charge is -2.11. The average Bonchev–Trinajstić information content (AvgIpc) is 2.67. The Morgan fingerprint density at radius 3 is 2.68 bits per heavy atom. The molecule has 1 atom stereocenters. The molecule has 1 aromatic rings. The van der Waals surface area contributed by atoms with Crippen LogP contribution in [0.1, 0.15) is 55.9 Å². The van der Waals surface area contributed by atoms with Gasteiger partial charge in [-0.15, -0.1) is 11.3 Å². The summed E-state index contributed by atoms with van der Waals surface area (Å²) in [5, 5.41) is 3.50. The third-order valence-electron chi connectivity index (χ3n) is 3.14. The summed E-state index contributed by atoms with van der Waals surface area (Å²) in [6, 6.07) is 2.30. The molecule has 19 heavy (non-hydrogen) atoms. The first-order valence-electron chi connectivity index (χ1n) is 7.43. The van der Waals surface area contributed by atoms with E-state index in [0.29, 0.717) is 12.0 Å². The van der Waals surface area contributed by atoms with Gasteiger partial charge >= 0.3 is 0 Å². The Balaban J connectivity index is 2.40. The van der Waals surface area contributed by atoms with Gasteiger partial charge in [-0.2, -0.15) is 0 Å². The lowest BCUT2D eigenvalue weighted by molar-refractivity contribution is 0.0471. The zero-order chi connectivity index (χ0) is 14.3. The largest absolute Gasteiger partial charge is 0.374 e. The molecule has 0 bridgehead atoms. The maximum atomic E-state index is 5.89. The van der Waals surface area contributed by atoms with Gasteiger partial charge in [0.05, 0.1) is 12.7 Å². The first kappa shape index (κ1) is 16.7. The van der Waals surface area contributed by atoms with Gasteiger partial charge in [-0.25, -0.2) is 0 Å². The summed E-state index contributed by atoms with van der Waals surface area (Å²) in [6.45, 7) is 13.9. The monoisotopic (exact) mass is 283 g/mol. The molecular weight excluding hydrogens is 254 g/mol. The number of thiophene rings is 1. The van der Waals surface area contributed by atoms with Gasteiger partial charge < -0.3 is 10.1 Å². The molecule has 1 heterocycles. The molecule has 3 heteroatoms. The van der Waals surface area contributed by atoms with Crippen molar-refractivity contribution < 1.29 is 4.74 Å². The quantitative estimate of drug-likeness (QED) is 0.720. The molecule has 0 spiro atoms. The van der Waals surface area contributed by atoms with Gasteiger partial charge in [-0.05, 0) is 44.4 Å². The van der Waals surface area contributed by atoms with E-state index in [9.17, 15) is 0 Å². The molecule has 0 aliphatic carbocycles. The molecule has 1 unspecified atom stereocenters. The lowest BCUT2D eigenvalue weighted by atomic mass is 10.2. The molecule has 110 valence electrons. The first-order valence-corrected chi connectivity index (χ1v) is 8.25. The topological polar surface area (TPSA) is 21.3 Å². The first-order chi connectivity index (χ1) is 9.02. The van der Waals surface area contributed by atoms with E-state index in [4.69, 9.17) is 4.74 Å². The van der Waals surface area contributed by atoms with Crippen LogP contribution < -0.4 is 5.32 Å². The zero-order valence-electron chi connectivity index (χ0n) is 13.1. The number of hydrogen-bond donors (Lipinski definition) is 1. The minimum absolute atomic E-state index is 0.367. The third kappa shape index (κ3) is 6.55. The van der Waals surface area contributed by atoms with E-state index >= 15 is 0 Å². The van der Waals surface area contributed by atoms with E-state index in [1.165, 1.54) is 21.7 Å². The molecule has 0 fully saturated rings. The maximum absolute atomic E-state index is 5.89. The highest BCUT2D eigenvalue weighted by Gasteiger charge is 2.08. The minimum Gasteiger partial charge on any atom is -0.374 e. The van der Waals surface area contributed by atoms with Gasteiger partial charge in [0.15, 0.2) is 0 Å². The van der Waals surface area contributed by atoms with Gasteiger partial charge in [0.1, 0.15) is 0 Å². The second-order valence-corrected chi connectivity index (χ2v) is 7.07. The van der Waals surface area contributed by atoms with Crippen molar-refractivity contribution in [3.8, 4) is 0 Å². The number of aryl methyl sites for hydroxylation is 1. The van der Waals surface area contributed by atoms with Crippen LogP contribution in [-0.4, -0.2) is 12.6 Å². The molecule has 2 nitrogen and oxygen atoms in total. The van der Waals surface area contributed by atoms with Crippen LogP contribution in [0.3, 0.4) is 0 Å². The Labute approximate surface area is 122 Å². The van der Waals surface area contributed by atoms with Gasteiger partial charge in [-0.1, -0.05) is 27.2 Å². The number of ether oxygens (including phenoxy) is 1. The van der Waals surface area contributed by atoms with E-state index < -0.39 is 0 Å². The maximum Gasteiger partial charge on any atom is 0.0731 e. The van der Waals surface area contributed by atoms with Crippen LogP contribution in [-0.2, 0) is 17.9 Å². The van der Waals surface area contributed by atoms with Crippen molar-refractivity contribution in [3.05, 3.63) is 21.4 Å².